The molecule has 0 aliphatic carbocycles. The van der Waals surface area contributed by atoms with Crippen LogP contribution in [0.4, 0.5) is 5.69 Å². The van der Waals surface area contributed by atoms with Crippen molar-refractivity contribution in [1.29, 1.82) is 0 Å². The van der Waals surface area contributed by atoms with Gasteiger partial charge in [0.25, 0.3) is 5.69 Å². The molecule has 0 saturated carbocycles. The van der Waals surface area contributed by atoms with Crippen molar-refractivity contribution in [2.75, 3.05) is 26.2 Å². The Balaban J connectivity index is 1.51. The molecule has 0 radical (unpaired) electrons. The molecule has 0 atom stereocenters. The molecule has 2 saturated heterocycles. The minimum Gasteiger partial charge on any atom is -0.332 e. The van der Waals surface area contributed by atoms with Crippen LogP contribution in [0.15, 0.2) is 24.3 Å². The summed E-state index contributed by atoms with van der Waals surface area (Å²) in [6, 6.07) is 7.99. The Kier molecular flexibility index (Phi) is 5.62. The number of nitrogens with one attached hydrogen (secondary N) is 2. The van der Waals surface area contributed by atoms with E-state index in [9.17, 15) is 10.1 Å². The van der Waals surface area contributed by atoms with Crippen LogP contribution in [0.25, 0.3) is 0 Å². The number of piperidine rings is 1. The van der Waals surface area contributed by atoms with Gasteiger partial charge in [0.15, 0.2) is 0 Å². The maximum atomic E-state index is 10.9. The van der Waals surface area contributed by atoms with E-state index in [1.807, 2.05) is 11.0 Å². The highest BCUT2D eigenvalue weighted by Crippen LogP contribution is 2.12. The molecule has 2 fully saturated rings. The molecule has 23 heavy (non-hydrogen) atoms. The molecule has 0 amide bonds. The number of rotatable bonds is 4. The minimum absolute atomic E-state index is 0.214. The van der Waals surface area contributed by atoms with Crippen molar-refractivity contribution in [3.8, 4) is 0 Å². The Labute approximate surface area is 138 Å². The molecule has 0 unspecified atom stereocenters. The van der Waals surface area contributed by atoms with Gasteiger partial charge >= 0.3 is 0 Å². The largest absolute Gasteiger partial charge is 0.332 e. The van der Waals surface area contributed by atoms with E-state index in [1.165, 1.54) is 64.7 Å². The third kappa shape index (κ3) is 4.52. The predicted octanol–water partition coefficient (Wildman–Crippen LogP) is 0.601. The summed E-state index contributed by atoms with van der Waals surface area (Å²) in [6.45, 7) is 6.06. The zero-order valence-corrected chi connectivity index (χ0v) is 13.9. The molecule has 2 aliphatic heterocycles. The van der Waals surface area contributed by atoms with Crippen molar-refractivity contribution >= 4 is 5.69 Å². The van der Waals surface area contributed by atoms with E-state index in [4.69, 9.17) is 0 Å². The van der Waals surface area contributed by atoms with Crippen LogP contribution in [0.5, 0.6) is 0 Å². The van der Waals surface area contributed by atoms with E-state index in [1.54, 1.807) is 23.1 Å². The van der Waals surface area contributed by atoms with Gasteiger partial charge in [-0.2, -0.15) is 0 Å². The molecule has 0 bridgehead atoms. The van der Waals surface area contributed by atoms with Crippen LogP contribution in [-0.2, 0) is 6.54 Å². The first-order chi connectivity index (χ1) is 11.2. The van der Waals surface area contributed by atoms with E-state index in [0.29, 0.717) is 0 Å². The van der Waals surface area contributed by atoms with Crippen molar-refractivity contribution < 1.29 is 14.7 Å². The minimum atomic E-state index is -0.298. The van der Waals surface area contributed by atoms with Crippen molar-refractivity contribution in [3.05, 3.63) is 39.9 Å². The Hall–Kier alpha value is -1.46. The lowest BCUT2D eigenvalue weighted by Crippen LogP contribution is -3.20. The number of hydrogen-bond acceptors (Lipinski definition) is 2. The van der Waals surface area contributed by atoms with Crippen LogP contribution < -0.4 is 9.80 Å². The molecule has 1 aromatic rings. The fourth-order valence-electron chi connectivity index (χ4n) is 4.27. The Morgan fingerprint density at radius 3 is 2.39 bits per heavy atom. The predicted molar refractivity (Wildman–Crippen MR) is 89.7 cm³/mol. The topological polar surface area (TPSA) is 52.0 Å². The van der Waals surface area contributed by atoms with Gasteiger partial charge in [-0.1, -0.05) is 12.1 Å². The van der Waals surface area contributed by atoms with Crippen LogP contribution >= 0.6 is 0 Å². The van der Waals surface area contributed by atoms with Gasteiger partial charge in [0.1, 0.15) is 6.54 Å². The Bertz CT molecular complexity index is 519. The van der Waals surface area contributed by atoms with Gasteiger partial charge < -0.3 is 9.80 Å². The van der Waals surface area contributed by atoms with E-state index >= 15 is 0 Å². The summed E-state index contributed by atoms with van der Waals surface area (Å²) in [6.07, 6.45) is 8.24. The molecular formula is C18H29N3O2+2. The zero-order chi connectivity index (χ0) is 16.1. The second-order valence-electron chi connectivity index (χ2n) is 7.20. The van der Waals surface area contributed by atoms with Gasteiger partial charge in [-0.15, -0.1) is 0 Å². The van der Waals surface area contributed by atoms with Crippen molar-refractivity contribution in [1.82, 2.24) is 0 Å². The smallest absolute Gasteiger partial charge is 0.269 e. The number of hydrogen-bond donors (Lipinski definition) is 2. The zero-order valence-electron chi connectivity index (χ0n) is 13.9. The van der Waals surface area contributed by atoms with Crippen LogP contribution in [-0.4, -0.2) is 37.1 Å². The maximum absolute atomic E-state index is 10.9. The lowest BCUT2D eigenvalue weighted by Gasteiger charge is -2.34. The standard InChI is InChI=1S/C18H27N3O2/c22-21(23)18-7-5-6-16(14-18)15-19-12-8-17(9-13-19)20-10-3-1-2-4-11-20/h5-7,14,17H,1-4,8-13,15H2/p+2. The van der Waals surface area contributed by atoms with Crippen LogP contribution in [0.1, 0.15) is 44.1 Å². The van der Waals surface area contributed by atoms with Crippen LogP contribution in [0.2, 0.25) is 0 Å². The highest BCUT2D eigenvalue weighted by atomic mass is 16.6. The van der Waals surface area contributed by atoms with E-state index in [2.05, 4.69) is 0 Å². The maximum Gasteiger partial charge on any atom is 0.269 e. The van der Waals surface area contributed by atoms with E-state index in [0.717, 1.165) is 18.2 Å². The van der Waals surface area contributed by atoms with Crippen LogP contribution in [0, 0.1) is 10.1 Å². The number of non-ortho nitro benzene ring substituents is 1. The molecule has 126 valence electrons. The first-order valence-electron chi connectivity index (χ1n) is 9.14. The van der Waals surface area contributed by atoms with E-state index in [-0.39, 0.29) is 10.6 Å². The molecule has 0 aromatic heterocycles. The van der Waals surface area contributed by atoms with Crippen molar-refractivity contribution in [2.24, 2.45) is 0 Å². The molecule has 5 nitrogen and oxygen atoms in total. The molecule has 1 aromatic carbocycles. The number of nitro benzene ring substituents is 1. The van der Waals surface area contributed by atoms with Gasteiger partial charge in [0.05, 0.1) is 37.1 Å². The molecular weight excluding hydrogens is 290 g/mol. The Morgan fingerprint density at radius 1 is 1.04 bits per heavy atom. The first kappa shape index (κ1) is 16.4. The number of nitrogens with zero attached hydrogens (tertiary/aromatic N) is 1. The van der Waals surface area contributed by atoms with Gasteiger partial charge in [0, 0.05) is 30.5 Å². The highest BCUT2D eigenvalue weighted by Gasteiger charge is 2.30. The Morgan fingerprint density at radius 2 is 1.74 bits per heavy atom. The van der Waals surface area contributed by atoms with Crippen LogP contribution in [0.3, 0.4) is 0 Å². The average Bonchev–Trinajstić information content (AvgIpc) is 2.85. The third-order valence-electron chi connectivity index (χ3n) is 5.59. The van der Waals surface area contributed by atoms with Gasteiger partial charge in [0.2, 0.25) is 0 Å². The number of nitro groups is 1. The molecule has 5 heteroatoms. The fourth-order valence-corrected chi connectivity index (χ4v) is 4.27. The number of likely N-dealkylation sites (tertiary alicyclic amines) is 2. The van der Waals surface area contributed by atoms with Gasteiger partial charge in [-0.25, -0.2) is 0 Å². The van der Waals surface area contributed by atoms with Gasteiger partial charge in [-0.05, 0) is 25.7 Å². The van der Waals surface area contributed by atoms with E-state index < -0.39 is 0 Å². The average molecular weight is 319 g/mol. The second kappa shape index (κ2) is 7.88. The second-order valence-corrected chi connectivity index (χ2v) is 7.20. The SMILES string of the molecule is O=[N+]([O-])c1cccc(C[NH+]2CCC([NH+]3CCCCCC3)CC2)c1. The lowest BCUT2D eigenvalue weighted by atomic mass is 10.0. The number of quaternary nitrogens is 2. The summed E-state index contributed by atoms with van der Waals surface area (Å²) in [4.78, 5) is 14.0. The molecule has 2 heterocycles. The summed E-state index contributed by atoms with van der Waals surface area (Å²) < 4.78 is 0. The first-order valence-corrected chi connectivity index (χ1v) is 9.14. The lowest BCUT2D eigenvalue weighted by molar-refractivity contribution is -0.963. The number of benzene rings is 1. The fraction of sp³-hybridized carbons (Fsp3) is 0.667. The monoisotopic (exact) mass is 319 g/mol. The summed E-state index contributed by atoms with van der Waals surface area (Å²) in [5.41, 5.74) is 1.31. The quantitative estimate of drug-likeness (QED) is 0.631. The molecule has 0 spiro atoms. The van der Waals surface area contributed by atoms with Crippen molar-refractivity contribution in [2.45, 2.75) is 51.1 Å². The summed E-state index contributed by atoms with van der Waals surface area (Å²) in [7, 11) is 0. The summed E-state index contributed by atoms with van der Waals surface area (Å²) >= 11 is 0. The molecule has 2 N–H and O–H groups in total. The summed E-state index contributed by atoms with van der Waals surface area (Å²) in [5, 5.41) is 10.9. The normalized spacial score (nSPS) is 26.6. The molecule has 3 rings (SSSR count). The van der Waals surface area contributed by atoms with Crippen molar-refractivity contribution in [3.63, 3.8) is 0 Å². The highest BCUT2D eigenvalue weighted by molar-refractivity contribution is 5.33. The summed E-state index contributed by atoms with van der Waals surface area (Å²) in [5.74, 6) is 0. The third-order valence-corrected chi connectivity index (χ3v) is 5.59. The van der Waals surface area contributed by atoms with Gasteiger partial charge in [-0.3, -0.25) is 10.1 Å². The molecule has 2 aliphatic rings.